The second kappa shape index (κ2) is 16.9. The van der Waals surface area contributed by atoms with Crippen LogP contribution in [-0.2, 0) is 18.8 Å². The molecular formula is C39H54N2O4Si. The van der Waals surface area contributed by atoms with Crippen molar-refractivity contribution in [3.63, 3.8) is 0 Å². The molecule has 7 heteroatoms. The van der Waals surface area contributed by atoms with Crippen LogP contribution in [0.4, 0.5) is 0 Å². The fraction of sp³-hybridized carbons (Fsp3) is 0.436. The number of benzene rings is 3. The molecule has 6 nitrogen and oxygen atoms in total. The number of esters is 1. The van der Waals surface area contributed by atoms with Crippen molar-refractivity contribution in [1.29, 1.82) is 0 Å². The zero-order valence-corrected chi connectivity index (χ0v) is 30.0. The summed E-state index contributed by atoms with van der Waals surface area (Å²) in [5.41, 5.74) is 6.41. The number of nitrogens with one attached hydrogen (secondary N) is 2. The third kappa shape index (κ3) is 10.5. The summed E-state index contributed by atoms with van der Waals surface area (Å²) >= 11 is 0. The van der Waals surface area contributed by atoms with Crippen molar-refractivity contribution in [3.8, 4) is 0 Å². The minimum absolute atomic E-state index is 0.144. The molecular weight excluding hydrogens is 589 g/mol. The standard InChI is InChI=1S/C39H54N2O4Si/c1-30(2)29-35(34(37(43)45-38(3,4)5)26-18-21-31-19-12-9-13-20-31)36(42)41-40-27-28-44-46(39(6,7)8,32-22-14-10-15-23-32)33-24-16-11-17-25-33/h9-25,30,34-35,40H,26-29H2,1-8H3,(H,41,42)/b21-18+/t34-,35+/m0/s1. The summed E-state index contributed by atoms with van der Waals surface area (Å²) in [5, 5.41) is 2.27. The molecule has 0 fully saturated rings. The molecule has 0 aliphatic rings. The number of amides is 1. The Morgan fingerprint density at radius 3 is 1.78 bits per heavy atom. The molecule has 0 saturated heterocycles. The molecule has 0 heterocycles. The van der Waals surface area contributed by atoms with Crippen LogP contribution in [0, 0.1) is 17.8 Å². The van der Waals surface area contributed by atoms with E-state index < -0.39 is 25.8 Å². The lowest BCUT2D eigenvalue weighted by molar-refractivity contribution is -0.164. The van der Waals surface area contributed by atoms with Gasteiger partial charge in [0, 0.05) is 13.2 Å². The van der Waals surface area contributed by atoms with Crippen LogP contribution >= 0.6 is 0 Å². The normalized spacial score (nSPS) is 13.8. The number of rotatable bonds is 15. The molecule has 0 aromatic heterocycles. The quantitative estimate of drug-likeness (QED) is 0.0816. The zero-order chi connectivity index (χ0) is 33.8. The van der Waals surface area contributed by atoms with E-state index in [0.717, 1.165) is 5.56 Å². The van der Waals surface area contributed by atoms with Crippen molar-refractivity contribution in [2.45, 2.75) is 78.9 Å². The average Bonchev–Trinajstić information content (AvgIpc) is 3.00. The third-order valence-corrected chi connectivity index (χ3v) is 13.0. The maximum atomic E-state index is 13.7. The minimum atomic E-state index is -2.69. The second-order valence-corrected chi connectivity index (χ2v) is 18.7. The Kier molecular flexibility index (Phi) is 13.5. The molecule has 0 aliphatic carbocycles. The van der Waals surface area contributed by atoms with Crippen molar-refractivity contribution < 1.29 is 18.8 Å². The topological polar surface area (TPSA) is 76.7 Å². The van der Waals surface area contributed by atoms with Gasteiger partial charge in [-0.2, -0.15) is 0 Å². The summed E-state index contributed by atoms with van der Waals surface area (Å²) < 4.78 is 12.8. The van der Waals surface area contributed by atoms with Gasteiger partial charge in [-0.15, -0.1) is 0 Å². The Labute approximate surface area is 278 Å². The van der Waals surface area contributed by atoms with Crippen LogP contribution < -0.4 is 21.2 Å². The second-order valence-electron chi connectivity index (χ2n) is 14.4. The van der Waals surface area contributed by atoms with Crippen molar-refractivity contribution in [2.75, 3.05) is 13.2 Å². The van der Waals surface area contributed by atoms with Gasteiger partial charge in [0.15, 0.2) is 0 Å². The molecule has 248 valence electrons. The van der Waals surface area contributed by atoms with E-state index >= 15 is 0 Å². The van der Waals surface area contributed by atoms with E-state index in [0.29, 0.717) is 26.0 Å². The molecule has 3 aromatic carbocycles. The van der Waals surface area contributed by atoms with Gasteiger partial charge in [0.1, 0.15) is 5.60 Å². The van der Waals surface area contributed by atoms with Gasteiger partial charge in [-0.3, -0.25) is 15.0 Å². The summed E-state index contributed by atoms with van der Waals surface area (Å²) in [5.74, 6) is -1.57. The highest BCUT2D eigenvalue weighted by molar-refractivity contribution is 6.99. The van der Waals surface area contributed by atoms with Gasteiger partial charge in [-0.05, 0) is 60.5 Å². The SMILES string of the molecule is CC(C)C[C@@H](C(=O)NNCCO[Si](c1ccccc1)(c1ccccc1)C(C)(C)C)[C@H](C/C=C/c1ccccc1)C(=O)OC(C)(C)C. The molecule has 0 bridgehead atoms. The van der Waals surface area contributed by atoms with E-state index in [4.69, 9.17) is 9.16 Å². The molecule has 0 saturated carbocycles. The largest absolute Gasteiger partial charge is 0.460 e. The molecule has 0 unspecified atom stereocenters. The highest BCUT2D eigenvalue weighted by atomic mass is 28.4. The number of hydrazine groups is 1. The van der Waals surface area contributed by atoms with E-state index in [1.54, 1.807) is 0 Å². The van der Waals surface area contributed by atoms with E-state index in [9.17, 15) is 9.59 Å². The number of ether oxygens (including phenoxy) is 1. The number of allylic oxidation sites excluding steroid dienone is 1. The maximum Gasteiger partial charge on any atom is 0.310 e. The van der Waals surface area contributed by atoms with Crippen molar-refractivity contribution >= 4 is 36.6 Å². The van der Waals surface area contributed by atoms with Gasteiger partial charge in [-0.1, -0.05) is 138 Å². The van der Waals surface area contributed by atoms with Gasteiger partial charge in [0.05, 0.1) is 11.8 Å². The first kappa shape index (κ1) is 36.9. The number of hydrogen-bond donors (Lipinski definition) is 2. The fourth-order valence-electron chi connectivity index (χ4n) is 5.94. The summed E-state index contributed by atoms with van der Waals surface area (Å²) in [6, 6.07) is 30.9. The first-order valence-corrected chi connectivity index (χ1v) is 18.4. The Morgan fingerprint density at radius 1 is 0.783 bits per heavy atom. The molecule has 0 spiro atoms. The van der Waals surface area contributed by atoms with Crippen LogP contribution in [0.25, 0.3) is 6.08 Å². The van der Waals surface area contributed by atoms with E-state index in [-0.39, 0.29) is 22.8 Å². The lowest BCUT2D eigenvalue weighted by Crippen LogP contribution is -2.67. The predicted molar refractivity (Wildman–Crippen MR) is 192 cm³/mol. The average molecular weight is 643 g/mol. The molecule has 2 N–H and O–H groups in total. The fourth-order valence-corrected chi connectivity index (χ4v) is 10.5. The van der Waals surface area contributed by atoms with E-state index in [1.807, 2.05) is 75.4 Å². The summed E-state index contributed by atoms with van der Waals surface area (Å²) in [7, 11) is -2.69. The molecule has 3 rings (SSSR count). The van der Waals surface area contributed by atoms with Crippen LogP contribution in [0.5, 0.6) is 0 Å². The zero-order valence-electron chi connectivity index (χ0n) is 29.0. The van der Waals surface area contributed by atoms with Crippen molar-refractivity contribution in [3.05, 3.63) is 103 Å². The predicted octanol–water partition coefficient (Wildman–Crippen LogP) is 6.91. The smallest absolute Gasteiger partial charge is 0.310 e. The monoisotopic (exact) mass is 642 g/mol. The molecule has 3 aromatic rings. The van der Waals surface area contributed by atoms with Gasteiger partial charge >= 0.3 is 5.97 Å². The number of hydrogen-bond acceptors (Lipinski definition) is 5. The molecule has 1 amide bonds. The van der Waals surface area contributed by atoms with Crippen LogP contribution in [0.2, 0.25) is 5.04 Å². The van der Waals surface area contributed by atoms with Crippen LogP contribution in [-0.4, -0.2) is 38.9 Å². The minimum Gasteiger partial charge on any atom is -0.460 e. The van der Waals surface area contributed by atoms with E-state index in [1.165, 1.54) is 10.4 Å². The van der Waals surface area contributed by atoms with Gasteiger partial charge < -0.3 is 9.16 Å². The molecule has 46 heavy (non-hydrogen) atoms. The van der Waals surface area contributed by atoms with Crippen molar-refractivity contribution in [1.82, 2.24) is 10.9 Å². The van der Waals surface area contributed by atoms with Gasteiger partial charge in [-0.25, -0.2) is 5.43 Å². The third-order valence-electron chi connectivity index (χ3n) is 7.93. The summed E-state index contributed by atoms with van der Waals surface area (Å²) in [4.78, 5) is 27.3. The Hall–Kier alpha value is -3.52. The lowest BCUT2D eigenvalue weighted by atomic mass is 9.82. The molecule has 0 aliphatic heterocycles. The summed E-state index contributed by atoms with van der Waals surface area (Å²) in [6.45, 7) is 17.2. The molecule has 2 atom stereocenters. The Bertz CT molecular complexity index is 1340. The Balaban J connectivity index is 1.76. The maximum absolute atomic E-state index is 13.7. The van der Waals surface area contributed by atoms with Crippen LogP contribution in [0.3, 0.4) is 0 Å². The van der Waals surface area contributed by atoms with Gasteiger partial charge in [0.2, 0.25) is 5.91 Å². The lowest BCUT2D eigenvalue weighted by Gasteiger charge is -2.43. The summed E-state index contributed by atoms with van der Waals surface area (Å²) in [6.07, 6.45) is 4.90. The van der Waals surface area contributed by atoms with Gasteiger partial charge in [0.25, 0.3) is 8.32 Å². The first-order chi connectivity index (χ1) is 21.7. The number of carbonyl (C=O) groups is 2. The highest BCUT2D eigenvalue weighted by Gasteiger charge is 2.50. The Morgan fingerprint density at radius 2 is 1.30 bits per heavy atom. The highest BCUT2D eigenvalue weighted by Crippen LogP contribution is 2.36. The van der Waals surface area contributed by atoms with Crippen molar-refractivity contribution in [2.24, 2.45) is 17.8 Å². The van der Waals surface area contributed by atoms with E-state index in [2.05, 4.69) is 94.0 Å². The number of carbonyl (C=O) groups excluding carboxylic acids is 2. The first-order valence-electron chi connectivity index (χ1n) is 16.5. The van der Waals surface area contributed by atoms with Crippen LogP contribution in [0.15, 0.2) is 97.1 Å². The molecule has 0 radical (unpaired) electrons. The van der Waals surface area contributed by atoms with Crippen LogP contribution in [0.1, 0.15) is 73.8 Å².